The van der Waals surface area contributed by atoms with E-state index in [-0.39, 0.29) is 28.5 Å². The molecule has 106 valence electrons. The summed E-state index contributed by atoms with van der Waals surface area (Å²) in [4.78, 5) is 10.9. The van der Waals surface area contributed by atoms with Crippen LogP contribution in [0.2, 0.25) is 0 Å². The number of carbonyl (C=O) groups is 1. The van der Waals surface area contributed by atoms with Crippen LogP contribution >= 0.6 is 0 Å². The number of hydrogen-bond acceptors (Lipinski definition) is 4. The number of furan rings is 1. The summed E-state index contributed by atoms with van der Waals surface area (Å²) in [6.07, 6.45) is 0. The van der Waals surface area contributed by atoms with Gasteiger partial charge in [-0.2, -0.15) is 4.31 Å². The van der Waals surface area contributed by atoms with Crippen LogP contribution in [0.1, 0.15) is 28.8 Å². The maximum atomic E-state index is 12.4. The van der Waals surface area contributed by atoms with E-state index >= 15 is 0 Å². The molecule has 7 heteroatoms. The molecule has 0 aliphatic rings. The van der Waals surface area contributed by atoms with Crippen LogP contribution in [0, 0.1) is 13.8 Å². The quantitative estimate of drug-likeness (QED) is 0.834. The van der Waals surface area contributed by atoms with Crippen LogP contribution < -0.4 is 0 Å². The van der Waals surface area contributed by atoms with Crippen LogP contribution in [0.3, 0.4) is 0 Å². The Balaban J connectivity index is 3.45. The highest BCUT2D eigenvalue weighted by Gasteiger charge is 2.33. The van der Waals surface area contributed by atoms with Crippen LogP contribution in [0.5, 0.6) is 0 Å². The molecule has 0 atom stereocenters. The largest absolute Gasteiger partial charge is 0.478 e. The number of hydrogen-bond donors (Lipinski definition) is 1. The smallest absolute Gasteiger partial charge is 0.340 e. The molecule has 0 saturated carbocycles. The van der Waals surface area contributed by atoms with Crippen molar-refractivity contribution in [3.63, 3.8) is 0 Å². The van der Waals surface area contributed by atoms with Crippen molar-refractivity contribution in [1.29, 1.82) is 0 Å². The summed E-state index contributed by atoms with van der Waals surface area (Å²) in [6.45, 7) is 8.31. The first-order chi connectivity index (χ1) is 8.59. The Hall–Kier alpha value is -1.60. The summed E-state index contributed by atoms with van der Waals surface area (Å²) < 4.78 is 31.0. The maximum absolute atomic E-state index is 12.4. The number of likely N-dealkylation sites (N-methyl/N-ethyl adjacent to an activating group) is 1. The molecule has 1 N–H and O–H groups in total. The molecule has 0 saturated heterocycles. The van der Waals surface area contributed by atoms with Crippen molar-refractivity contribution in [3.05, 3.63) is 29.2 Å². The second-order valence-corrected chi connectivity index (χ2v) is 6.42. The Morgan fingerprint density at radius 1 is 1.37 bits per heavy atom. The lowest BCUT2D eigenvalue weighted by Gasteiger charge is -2.17. The summed E-state index contributed by atoms with van der Waals surface area (Å²) in [5.74, 6) is -1.17. The Labute approximate surface area is 112 Å². The SMILES string of the molecule is C=C(C)CN(C)S(=O)(=O)c1c(C)oc(C)c1C(=O)O. The minimum absolute atomic E-state index is 0.0727. The number of carboxylic acid groups (broad SMARTS) is 1. The van der Waals surface area contributed by atoms with E-state index in [0.29, 0.717) is 5.57 Å². The molecule has 0 radical (unpaired) electrons. The average Bonchev–Trinajstić information content (AvgIpc) is 2.52. The third-order valence-electron chi connectivity index (χ3n) is 2.58. The summed E-state index contributed by atoms with van der Waals surface area (Å²) in [5.41, 5.74) is 0.340. The molecular weight excluding hydrogens is 270 g/mol. The predicted molar refractivity (Wildman–Crippen MR) is 69.8 cm³/mol. The number of rotatable bonds is 5. The van der Waals surface area contributed by atoms with Crippen molar-refractivity contribution in [2.24, 2.45) is 0 Å². The normalized spacial score (nSPS) is 11.8. The number of sulfonamides is 1. The molecule has 0 fully saturated rings. The molecule has 1 aromatic rings. The highest BCUT2D eigenvalue weighted by Crippen LogP contribution is 2.28. The van der Waals surface area contributed by atoms with Gasteiger partial charge in [0, 0.05) is 13.6 Å². The van der Waals surface area contributed by atoms with Crippen molar-refractivity contribution in [2.45, 2.75) is 25.7 Å². The lowest BCUT2D eigenvalue weighted by molar-refractivity contribution is 0.0691. The monoisotopic (exact) mass is 287 g/mol. The fourth-order valence-corrected chi connectivity index (χ4v) is 3.44. The third kappa shape index (κ3) is 2.87. The van der Waals surface area contributed by atoms with Gasteiger partial charge < -0.3 is 9.52 Å². The van der Waals surface area contributed by atoms with Gasteiger partial charge in [-0.05, 0) is 20.8 Å². The topological polar surface area (TPSA) is 87.8 Å². The third-order valence-corrected chi connectivity index (χ3v) is 4.54. The number of nitrogens with zero attached hydrogens (tertiary/aromatic N) is 1. The fourth-order valence-electron chi connectivity index (χ4n) is 1.84. The van der Waals surface area contributed by atoms with Gasteiger partial charge in [0.1, 0.15) is 22.0 Å². The molecule has 1 aromatic heterocycles. The fraction of sp³-hybridized carbons (Fsp3) is 0.417. The lowest BCUT2D eigenvalue weighted by Crippen LogP contribution is -2.29. The van der Waals surface area contributed by atoms with Gasteiger partial charge in [0.05, 0.1) is 0 Å². The lowest BCUT2D eigenvalue weighted by atomic mass is 10.2. The minimum Gasteiger partial charge on any atom is -0.478 e. The molecule has 0 aliphatic carbocycles. The van der Waals surface area contributed by atoms with Crippen molar-refractivity contribution >= 4 is 16.0 Å². The zero-order valence-electron chi connectivity index (χ0n) is 11.3. The molecule has 0 bridgehead atoms. The van der Waals surface area contributed by atoms with Gasteiger partial charge in [0.2, 0.25) is 10.0 Å². The average molecular weight is 287 g/mol. The van der Waals surface area contributed by atoms with E-state index < -0.39 is 16.0 Å². The van der Waals surface area contributed by atoms with Crippen LogP contribution in [0.25, 0.3) is 0 Å². The van der Waals surface area contributed by atoms with E-state index in [9.17, 15) is 13.2 Å². The van der Waals surface area contributed by atoms with Gasteiger partial charge >= 0.3 is 5.97 Å². The van der Waals surface area contributed by atoms with Gasteiger partial charge in [0.25, 0.3) is 0 Å². The van der Waals surface area contributed by atoms with Crippen LogP contribution in [-0.4, -0.2) is 37.4 Å². The number of aromatic carboxylic acids is 1. The highest BCUT2D eigenvalue weighted by atomic mass is 32.2. The summed E-state index contributed by atoms with van der Waals surface area (Å²) in [6, 6.07) is 0. The number of aryl methyl sites for hydroxylation is 2. The van der Waals surface area contributed by atoms with E-state index in [2.05, 4.69) is 6.58 Å². The van der Waals surface area contributed by atoms with Crippen molar-refractivity contribution in [1.82, 2.24) is 4.31 Å². The second-order valence-electron chi connectivity index (χ2n) is 4.44. The van der Waals surface area contributed by atoms with Crippen LogP contribution in [0.15, 0.2) is 21.5 Å². The van der Waals surface area contributed by atoms with Gasteiger partial charge in [-0.15, -0.1) is 0 Å². The first kappa shape index (κ1) is 15.5. The summed E-state index contributed by atoms with van der Waals surface area (Å²) >= 11 is 0. The zero-order valence-corrected chi connectivity index (χ0v) is 12.2. The zero-order chi connectivity index (χ0) is 15.0. The van der Waals surface area contributed by atoms with Gasteiger partial charge in [-0.3, -0.25) is 0 Å². The van der Waals surface area contributed by atoms with Crippen LogP contribution in [-0.2, 0) is 10.0 Å². The second kappa shape index (κ2) is 5.18. The Bertz CT molecular complexity index is 627. The van der Waals surface area contributed by atoms with Crippen LogP contribution in [0.4, 0.5) is 0 Å². The van der Waals surface area contributed by atoms with E-state index in [4.69, 9.17) is 9.52 Å². The standard InChI is InChI=1S/C12H17NO5S/c1-7(2)6-13(5)19(16,17)11-9(4)18-8(3)10(11)12(14)15/h1,6H2,2-5H3,(H,14,15). The first-order valence-electron chi connectivity index (χ1n) is 5.53. The van der Waals surface area contributed by atoms with E-state index in [0.717, 1.165) is 4.31 Å². The molecule has 19 heavy (non-hydrogen) atoms. The molecule has 0 aromatic carbocycles. The van der Waals surface area contributed by atoms with E-state index in [1.807, 2.05) is 0 Å². The highest BCUT2D eigenvalue weighted by molar-refractivity contribution is 7.89. The summed E-state index contributed by atoms with van der Waals surface area (Å²) in [5, 5.41) is 9.13. The first-order valence-corrected chi connectivity index (χ1v) is 6.97. The molecule has 6 nitrogen and oxygen atoms in total. The van der Waals surface area contributed by atoms with Crippen molar-refractivity contribution in [3.8, 4) is 0 Å². The molecule has 1 heterocycles. The van der Waals surface area contributed by atoms with Crippen molar-refractivity contribution < 1.29 is 22.7 Å². The van der Waals surface area contributed by atoms with Crippen molar-refractivity contribution in [2.75, 3.05) is 13.6 Å². The minimum atomic E-state index is -3.92. The Morgan fingerprint density at radius 2 is 1.89 bits per heavy atom. The van der Waals surface area contributed by atoms with Gasteiger partial charge in [-0.1, -0.05) is 12.2 Å². The molecule has 1 rings (SSSR count). The Morgan fingerprint density at radius 3 is 2.32 bits per heavy atom. The predicted octanol–water partition coefficient (Wildman–Crippen LogP) is 1.79. The number of carboxylic acids is 1. The van der Waals surface area contributed by atoms with E-state index in [1.165, 1.54) is 20.9 Å². The Kier molecular flexibility index (Phi) is 4.21. The maximum Gasteiger partial charge on any atom is 0.340 e. The molecule has 0 aliphatic heterocycles. The van der Waals surface area contributed by atoms with Gasteiger partial charge in [0.15, 0.2) is 0 Å². The molecule has 0 spiro atoms. The molecular formula is C12H17NO5S. The molecule has 0 unspecified atom stereocenters. The van der Waals surface area contributed by atoms with Gasteiger partial charge in [-0.25, -0.2) is 13.2 Å². The summed E-state index contributed by atoms with van der Waals surface area (Å²) in [7, 11) is -2.55. The molecule has 0 amide bonds. The van der Waals surface area contributed by atoms with E-state index in [1.54, 1.807) is 6.92 Å².